The Morgan fingerprint density at radius 3 is 0.875 bits per heavy atom. The number of hydrogen-bond acceptors (Lipinski definition) is 0. The van der Waals surface area contributed by atoms with Crippen molar-refractivity contribution in [2.75, 3.05) is 0 Å². The fraction of sp³-hybridized carbons (Fsp3) is 0.500. The van der Waals surface area contributed by atoms with Crippen LogP contribution in [0.4, 0.5) is 0 Å². The van der Waals surface area contributed by atoms with Crippen LogP contribution < -0.4 is 0 Å². The monoisotopic (exact) mass is 316 g/mol. The SMILES string of the molecule is c1cc2c3c4c1CCCc1ccc(c(c1CCC4)CCC3)CCC2. The van der Waals surface area contributed by atoms with Gasteiger partial charge in [0.2, 0.25) is 0 Å². The first-order chi connectivity index (χ1) is 11.9. The Morgan fingerprint density at radius 2 is 0.583 bits per heavy atom. The second-order valence-corrected chi connectivity index (χ2v) is 8.10. The molecule has 0 heterocycles. The molecule has 124 valence electrons. The van der Waals surface area contributed by atoms with E-state index in [1.54, 1.807) is 44.5 Å². The van der Waals surface area contributed by atoms with E-state index >= 15 is 0 Å². The van der Waals surface area contributed by atoms with Crippen molar-refractivity contribution in [3.8, 4) is 0 Å². The van der Waals surface area contributed by atoms with Crippen LogP contribution in [-0.2, 0) is 51.4 Å². The maximum absolute atomic E-state index is 2.49. The summed E-state index contributed by atoms with van der Waals surface area (Å²) in [6, 6.07) is 9.95. The summed E-state index contributed by atoms with van der Waals surface area (Å²) in [7, 11) is 0. The highest BCUT2D eigenvalue weighted by molar-refractivity contribution is 5.46. The van der Waals surface area contributed by atoms with Crippen LogP contribution in [0.2, 0.25) is 0 Å². The molecule has 0 nitrogen and oxygen atoms in total. The molecule has 3 aliphatic carbocycles. The van der Waals surface area contributed by atoms with Crippen molar-refractivity contribution in [3.63, 3.8) is 0 Å². The van der Waals surface area contributed by atoms with Gasteiger partial charge < -0.3 is 0 Å². The average Bonchev–Trinajstić information content (AvgIpc) is 2.62. The van der Waals surface area contributed by atoms with Gasteiger partial charge in [0.1, 0.15) is 0 Å². The van der Waals surface area contributed by atoms with Gasteiger partial charge in [0, 0.05) is 0 Å². The van der Waals surface area contributed by atoms with Gasteiger partial charge in [0.25, 0.3) is 0 Å². The summed E-state index contributed by atoms with van der Waals surface area (Å²) in [6.07, 6.45) is 15.7. The zero-order valence-electron chi connectivity index (χ0n) is 14.8. The Kier molecular flexibility index (Phi) is 3.73. The van der Waals surface area contributed by atoms with Crippen LogP contribution in [0.3, 0.4) is 0 Å². The summed E-state index contributed by atoms with van der Waals surface area (Å²) in [5.41, 5.74) is 13.7. The Hall–Kier alpha value is -1.56. The molecule has 0 spiro atoms. The van der Waals surface area contributed by atoms with Crippen molar-refractivity contribution in [3.05, 3.63) is 68.8 Å². The number of rotatable bonds is 0. The zero-order valence-corrected chi connectivity index (χ0v) is 14.8. The zero-order chi connectivity index (χ0) is 15.9. The molecule has 0 fully saturated rings. The third-order valence-electron chi connectivity index (χ3n) is 6.74. The van der Waals surface area contributed by atoms with Crippen molar-refractivity contribution in [1.29, 1.82) is 0 Å². The van der Waals surface area contributed by atoms with Gasteiger partial charge in [-0.05, 0) is 122 Å². The second-order valence-electron chi connectivity index (χ2n) is 8.10. The molecule has 0 heteroatoms. The van der Waals surface area contributed by atoms with Crippen LogP contribution in [0.15, 0.2) is 24.3 Å². The van der Waals surface area contributed by atoms with Crippen LogP contribution in [0, 0.1) is 0 Å². The summed E-state index contributed by atoms with van der Waals surface area (Å²) in [4.78, 5) is 0. The molecule has 0 saturated carbocycles. The standard InChI is InChI=1S/C24H28/c1-5-17-13-15-19-7-2-8-20-16-14-18(6-1)22-10-3-9-21(17)23(19)11-4-12-24(20)22/h13-16H,1-12H2. The first-order valence-electron chi connectivity index (χ1n) is 10.1. The lowest BCUT2D eigenvalue weighted by Gasteiger charge is -2.27. The average molecular weight is 316 g/mol. The molecule has 24 heavy (non-hydrogen) atoms. The number of aryl methyl sites for hydroxylation is 4. The fourth-order valence-corrected chi connectivity index (χ4v) is 5.59. The van der Waals surface area contributed by atoms with Crippen LogP contribution in [0.25, 0.3) is 0 Å². The highest BCUT2D eigenvalue weighted by Gasteiger charge is 2.21. The van der Waals surface area contributed by atoms with Gasteiger partial charge in [-0.1, -0.05) is 24.3 Å². The lowest BCUT2D eigenvalue weighted by molar-refractivity contribution is 0.678. The minimum absolute atomic E-state index is 1.28. The van der Waals surface area contributed by atoms with E-state index in [0.717, 1.165) is 0 Å². The first-order valence-corrected chi connectivity index (χ1v) is 10.1. The Bertz CT molecular complexity index is 652. The molecule has 5 rings (SSSR count). The van der Waals surface area contributed by atoms with E-state index in [0.29, 0.717) is 0 Å². The smallest absolute Gasteiger partial charge is 0.0270 e. The van der Waals surface area contributed by atoms with Crippen molar-refractivity contribution < 1.29 is 0 Å². The largest absolute Gasteiger partial charge is 0.0585 e. The summed E-state index contributed by atoms with van der Waals surface area (Å²) < 4.78 is 0. The quantitative estimate of drug-likeness (QED) is 0.616. The summed E-state index contributed by atoms with van der Waals surface area (Å²) >= 11 is 0. The van der Waals surface area contributed by atoms with Gasteiger partial charge in [0.15, 0.2) is 0 Å². The molecule has 0 aromatic heterocycles. The predicted octanol–water partition coefficient (Wildman–Crippen LogP) is 5.33. The van der Waals surface area contributed by atoms with E-state index in [1.807, 2.05) is 0 Å². The Balaban J connectivity index is 1.77. The Labute approximate surface area is 146 Å². The summed E-state index contributed by atoms with van der Waals surface area (Å²) in [6.45, 7) is 0. The molecule has 2 aromatic carbocycles. The maximum Gasteiger partial charge on any atom is -0.0270 e. The molecule has 4 bridgehead atoms. The van der Waals surface area contributed by atoms with Gasteiger partial charge in [-0.3, -0.25) is 0 Å². The topological polar surface area (TPSA) is 0 Å². The van der Waals surface area contributed by atoms with Crippen molar-refractivity contribution in [2.45, 2.75) is 77.0 Å². The van der Waals surface area contributed by atoms with Gasteiger partial charge in [-0.2, -0.15) is 0 Å². The van der Waals surface area contributed by atoms with Crippen LogP contribution in [0.1, 0.15) is 70.2 Å². The fourth-order valence-electron chi connectivity index (χ4n) is 5.59. The maximum atomic E-state index is 2.49. The molecular weight excluding hydrogens is 288 g/mol. The summed E-state index contributed by atoms with van der Waals surface area (Å²) in [5.74, 6) is 0. The summed E-state index contributed by atoms with van der Waals surface area (Å²) in [5, 5.41) is 0. The molecule has 0 saturated heterocycles. The van der Waals surface area contributed by atoms with Gasteiger partial charge in [-0.15, -0.1) is 0 Å². The number of hydrogen-bond donors (Lipinski definition) is 0. The number of fused-ring (bicyclic) bond motifs is 4. The lowest BCUT2D eigenvalue weighted by Crippen LogP contribution is -2.15. The van der Waals surface area contributed by atoms with Crippen LogP contribution in [-0.4, -0.2) is 0 Å². The van der Waals surface area contributed by atoms with Crippen LogP contribution in [0.5, 0.6) is 0 Å². The normalized spacial score (nSPS) is 19.3. The molecular formula is C24H28. The van der Waals surface area contributed by atoms with E-state index < -0.39 is 0 Å². The van der Waals surface area contributed by atoms with Gasteiger partial charge in [-0.25, -0.2) is 0 Å². The van der Waals surface area contributed by atoms with E-state index in [2.05, 4.69) is 24.3 Å². The van der Waals surface area contributed by atoms with Crippen LogP contribution >= 0.6 is 0 Å². The molecule has 0 N–H and O–H groups in total. The lowest BCUT2D eigenvalue weighted by atomic mass is 9.78. The van der Waals surface area contributed by atoms with E-state index in [-0.39, 0.29) is 0 Å². The molecule has 2 aromatic rings. The highest BCUT2D eigenvalue weighted by atomic mass is 14.3. The first kappa shape index (κ1) is 14.8. The predicted molar refractivity (Wildman–Crippen MR) is 101 cm³/mol. The van der Waals surface area contributed by atoms with Gasteiger partial charge in [0.05, 0.1) is 0 Å². The van der Waals surface area contributed by atoms with Crippen molar-refractivity contribution in [2.24, 2.45) is 0 Å². The minimum Gasteiger partial charge on any atom is -0.0585 e. The van der Waals surface area contributed by atoms with E-state index in [9.17, 15) is 0 Å². The molecule has 0 amide bonds. The third kappa shape index (κ3) is 2.42. The van der Waals surface area contributed by atoms with E-state index in [4.69, 9.17) is 0 Å². The van der Waals surface area contributed by atoms with E-state index in [1.165, 1.54) is 77.0 Å². The molecule has 0 radical (unpaired) electrons. The Morgan fingerprint density at radius 1 is 0.333 bits per heavy atom. The molecule has 3 aliphatic rings. The van der Waals surface area contributed by atoms with Gasteiger partial charge >= 0.3 is 0 Å². The minimum atomic E-state index is 1.28. The molecule has 0 unspecified atom stereocenters. The van der Waals surface area contributed by atoms with Crippen molar-refractivity contribution >= 4 is 0 Å². The third-order valence-corrected chi connectivity index (χ3v) is 6.74. The molecule has 0 aliphatic heterocycles. The number of benzene rings is 2. The molecule has 0 atom stereocenters. The second kappa shape index (κ2) is 6.06. The highest BCUT2D eigenvalue weighted by Crippen LogP contribution is 2.34. The van der Waals surface area contributed by atoms with Crippen molar-refractivity contribution in [1.82, 2.24) is 0 Å².